The lowest BCUT2D eigenvalue weighted by Crippen LogP contribution is -2.42. The second-order valence-corrected chi connectivity index (χ2v) is 2.80. The van der Waals surface area contributed by atoms with Crippen LogP contribution in [0.2, 0.25) is 0 Å². The van der Waals surface area contributed by atoms with Crippen molar-refractivity contribution in [3.8, 4) is 0 Å². The Morgan fingerprint density at radius 1 is 0.857 bits per heavy atom. The smallest absolute Gasteiger partial charge is 0.274 e. The number of imide groups is 2. The summed E-state index contributed by atoms with van der Waals surface area (Å²) in [4.78, 5) is 32.7. The zero-order chi connectivity index (χ0) is 11.3. The van der Waals surface area contributed by atoms with E-state index in [-0.39, 0.29) is 11.1 Å². The van der Waals surface area contributed by atoms with Crippen molar-refractivity contribution in [3.63, 3.8) is 0 Å². The third-order valence-corrected chi connectivity index (χ3v) is 1.23. The highest BCUT2D eigenvalue weighted by Gasteiger charge is 2.11. The summed E-state index contributed by atoms with van der Waals surface area (Å²) < 4.78 is 0. The van der Waals surface area contributed by atoms with Gasteiger partial charge in [-0.05, 0) is 13.8 Å². The van der Waals surface area contributed by atoms with E-state index in [1.54, 1.807) is 0 Å². The highest BCUT2D eigenvalue weighted by atomic mass is 16.2. The van der Waals surface area contributed by atoms with Crippen LogP contribution >= 0.6 is 0 Å². The number of amides is 4. The Labute approximate surface area is 81.9 Å². The summed E-state index contributed by atoms with van der Waals surface area (Å²) in [5, 5.41) is 3.83. The molecule has 0 heterocycles. The molecule has 0 aliphatic heterocycles. The van der Waals surface area contributed by atoms with Crippen LogP contribution in [0.1, 0.15) is 13.8 Å². The normalized spacial score (nSPS) is 8.71. The molecule has 0 saturated heterocycles. The van der Waals surface area contributed by atoms with Gasteiger partial charge in [-0.15, -0.1) is 0 Å². The molecule has 5 heteroatoms. The van der Waals surface area contributed by atoms with E-state index in [1.165, 1.54) is 13.8 Å². The zero-order valence-electron chi connectivity index (χ0n) is 8.14. The molecule has 0 saturated carbocycles. The van der Waals surface area contributed by atoms with E-state index in [0.717, 1.165) is 0 Å². The second-order valence-electron chi connectivity index (χ2n) is 2.80. The largest absolute Gasteiger partial charge is 0.328 e. The van der Waals surface area contributed by atoms with E-state index >= 15 is 0 Å². The van der Waals surface area contributed by atoms with Gasteiger partial charge in [0.05, 0.1) is 0 Å². The SMILES string of the molecule is C=C(C)C(=O)NC(=O)NC(=O)C(=C)C. The van der Waals surface area contributed by atoms with Crippen LogP contribution in [0.3, 0.4) is 0 Å². The molecule has 0 rings (SSSR count). The van der Waals surface area contributed by atoms with E-state index in [1.807, 2.05) is 10.6 Å². The average molecular weight is 196 g/mol. The molecule has 0 bridgehead atoms. The van der Waals surface area contributed by atoms with Crippen LogP contribution in [0.4, 0.5) is 4.79 Å². The van der Waals surface area contributed by atoms with Crippen molar-refractivity contribution < 1.29 is 14.4 Å². The van der Waals surface area contributed by atoms with Gasteiger partial charge in [0.1, 0.15) is 0 Å². The molecular weight excluding hydrogens is 184 g/mol. The summed E-state index contributed by atoms with van der Waals surface area (Å²) >= 11 is 0. The molecule has 0 radical (unpaired) electrons. The molecule has 0 atom stereocenters. The quantitative estimate of drug-likeness (QED) is 0.631. The molecule has 5 nitrogen and oxygen atoms in total. The van der Waals surface area contributed by atoms with Gasteiger partial charge in [0.2, 0.25) is 0 Å². The minimum Gasteiger partial charge on any atom is -0.274 e. The molecule has 0 aliphatic carbocycles. The first-order chi connectivity index (χ1) is 6.34. The Morgan fingerprint density at radius 2 is 1.14 bits per heavy atom. The van der Waals surface area contributed by atoms with Gasteiger partial charge in [0.15, 0.2) is 0 Å². The molecule has 0 spiro atoms. The van der Waals surface area contributed by atoms with Crippen molar-refractivity contribution in [2.24, 2.45) is 0 Å². The first-order valence-corrected chi connectivity index (χ1v) is 3.82. The molecule has 76 valence electrons. The zero-order valence-corrected chi connectivity index (χ0v) is 8.14. The average Bonchev–Trinajstić information content (AvgIpc) is 2.03. The lowest BCUT2D eigenvalue weighted by molar-refractivity contribution is -0.117. The van der Waals surface area contributed by atoms with Crippen LogP contribution in [-0.4, -0.2) is 17.8 Å². The maximum absolute atomic E-state index is 10.9. The van der Waals surface area contributed by atoms with E-state index in [4.69, 9.17) is 0 Å². The maximum atomic E-state index is 10.9. The first-order valence-electron chi connectivity index (χ1n) is 3.82. The molecule has 0 unspecified atom stereocenters. The monoisotopic (exact) mass is 196 g/mol. The van der Waals surface area contributed by atoms with Gasteiger partial charge < -0.3 is 0 Å². The number of carbonyl (C=O) groups excluding carboxylic acids is 3. The maximum Gasteiger partial charge on any atom is 0.328 e. The minimum absolute atomic E-state index is 0.183. The van der Waals surface area contributed by atoms with Crippen LogP contribution in [0, 0.1) is 0 Å². The van der Waals surface area contributed by atoms with Crippen LogP contribution in [0.15, 0.2) is 24.3 Å². The fraction of sp³-hybridized carbons (Fsp3) is 0.222. The van der Waals surface area contributed by atoms with E-state index in [9.17, 15) is 14.4 Å². The molecule has 2 N–H and O–H groups in total. The number of carbonyl (C=O) groups is 3. The van der Waals surface area contributed by atoms with Gasteiger partial charge in [-0.3, -0.25) is 20.2 Å². The predicted octanol–water partition coefficient (Wildman–Crippen LogP) is 0.491. The Bertz CT molecular complexity index is 288. The number of urea groups is 1. The van der Waals surface area contributed by atoms with Gasteiger partial charge in [-0.25, -0.2) is 4.79 Å². The Kier molecular flexibility index (Phi) is 4.28. The van der Waals surface area contributed by atoms with Gasteiger partial charge in [-0.1, -0.05) is 13.2 Å². The van der Waals surface area contributed by atoms with Gasteiger partial charge >= 0.3 is 6.03 Å². The van der Waals surface area contributed by atoms with Crippen LogP contribution < -0.4 is 10.6 Å². The molecule has 0 fully saturated rings. The predicted molar refractivity (Wildman–Crippen MR) is 51.3 cm³/mol. The van der Waals surface area contributed by atoms with Gasteiger partial charge in [0, 0.05) is 11.1 Å². The lowest BCUT2D eigenvalue weighted by Gasteiger charge is -2.04. The summed E-state index contributed by atoms with van der Waals surface area (Å²) in [5.74, 6) is -1.26. The van der Waals surface area contributed by atoms with Crippen LogP contribution in [0.5, 0.6) is 0 Å². The third-order valence-electron chi connectivity index (χ3n) is 1.23. The minimum atomic E-state index is -0.883. The summed E-state index contributed by atoms with van der Waals surface area (Å²) in [6.07, 6.45) is 0. The Hall–Kier alpha value is -1.91. The number of rotatable bonds is 2. The molecule has 14 heavy (non-hydrogen) atoms. The van der Waals surface area contributed by atoms with E-state index in [2.05, 4.69) is 13.2 Å². The molecule has 4 amide bonds. The van der Waals surface area contributed by atoms with Crippen molar-refractivity contribution >= 4 is 17.8 Å². The number of hydrogen-bond acceptors (Lipinski definition) is 3. The standard InChI is InChI=1S/C9H12N2O3/c1-5(2)7(12)10-9(14)11-8(13)6(3)4/h1,3H2,2,4H3,(H2,10,11,12,13,14). The Morgan fingerprint density at radius 3 is 1.36 bits per heavy atom. The summed E-state index contributed by atoms with van der Waals surface area (Å²) in [6, 6.07) is -0.883. The summed E-state index contributed by atoms with van der Waals surface area (Å²) in [5.41, 5.74) is 0.367. The topological polar surface area (TPSA) is 75.3 Å². The fourth-order valence-electron chi connectivity index (χ4n) is 0.451. The first kappa shape index (κ1) is 12.1. The van der Waals surface area contributed by atoms with Crippen molar-refractivity contribution in [2.75, 3.05) is 0 Å². The number of nitrogens with one attached hydrogen (secondary N) is 2. The van der Waals surface area contributed by atoms with Gasteiger partial charge in [0.25, 0.3) is 11.8 Å². The highest BCUT2D eigenvalue weighted by molar-refractivity contribution is 6.09. The fourth-order valence-corrected chi connectivity index (χ4v) is 0.451. The van der Waals surface area contributed by atoms with E-state index < -0.39 is 17.8 Å². The Balaban J connectivity index is 4.12. The molecule has 0 aromatic carbocycles. The molecule has 0 aliphatic rings. The van der Waals surface area contributed by atoms with Crippen molar-refractivity contribution in [1.29, 1.82) is 0 Å². The lowest BCUT2D eigenvalue weighted by atomic mass is 10.3. The van der Waals surface area contributed by atoms with Crippen molar-refractivity contribution in [2.45, 2.75) is 13.8 Å². The van der Waals surface area contributed by atoms with Gasteiger partial charge in [-0.2, -0.15) is 0 Å². The van der Waals surface area contributed by atoms with E-state index in [0.29, 0.717) is 0 Å². The molecule has 0 aromatic heterocycles. The number of hydrogen-bond donors (Lipinski definition) is 2. The molecular formula is C9H12N2O3. The molecule has 0 aromatic rings. The van der Waals surface area contributed by atoms with Crippen molar-refractivity contribution in [3.05, 3.63) is 24.3 Å². The highest BCUT2D eigenvalue weighted by Crippen LogP contribution is 1.87. The summed E-state index contributed by atoms with van der Waals surface area (Å²) in [7, 11) is 0. The second kappa shape index (κ2) is 4.96. The summed E-state index contributed by atoms with van der Waals surface area (Å²) in [6.45, 7) is 9.55. The third kappa shape index (κ3) is 4.20. The van der Waals surface area contributed by atoms with Crippen molar-refractivity contribution in [1.82, 2.24) is 10.6 Å². The van der Waals surface area contributed by atoms with Crippen LogP contribution in [-0.2, 0) is 9.59 Å². The van der Waals surface area contributed by atoms with Crippen LogP contribution in [0.25, 0.3) is 0 Å².